The number of Topliss-reactive ketones (excluding diaryl/α,β-unsaturated/α-hetero) is 1. The van der Waals surface area contributed by atoms with Crippen LogP contribution < -0.4 is 14.2 Å². The summed E-state index contributed by atoms with van der Waals surface area (Å²) < 4.78 is 18.9. The highest BCUT2D eigenvalue weighted by Crippen LogP contribution is 2.42. The molecule has 1 aromatic heterocycles. The van der Waals surface area contributed by atoms with Gasteiger partial charge in [-0.15, -0.1) is 0 Å². The predicted molar refractivity (Wildman–Crippen MR) is 140 cm³/mol. The van der Waals surface area contributed by atoms with E-state index in [1.54, 1.807) is 42.9 Å². The fourth-order valence-corrected chi connectivity index (χ4v) is 5.15. The smallest absolute Gasteiger partial charge is 0.295 e. The van der Waals surface area contributed by atoms with Crippen LogP contribution in [0.15, 0.2) is 60.7 Å². The molecule has 5 rings (SSSR count). The average molecular weight is 518 g/mol. The summed E-state index contributed by atoms with van der Waals surface area (Å²) in [4.78, 5) is 32.3. The van der Waals surface area contributed by atoms with Gasteiger partial charge in [0.2, 0.25) is 0 Å². The Kier molecular flexibility index (Phi) is 7.09. The molecule has 2 aromatic carbocycles. The van der Waals surface area contributed by atoms with E-state index in [1.165, 1.54) is 12.0 Å². The lowest BCUT2D eigenvalue weighted by Crippen LogP contribution is -2.31. The van der Waals surface area contributed by atoms with E-state index in [1.807, 2.05) is 30.7 Å². The zero-order valence-corrected chi connectivity index (χ0v) is 21.7. The number of aromatic nitrogens is 2. The van der Waals surface area contributed by atoms with Crippen LogP contribution in [-0.4, -0.2) is 57.6 Å². The van der Waals surface area contributed by atoms with Gasteiger partial charge in [0, 0.05) is 37.5 Å². The number of hydrogen-bond acceptors (Lipinski definition) is 7. The maximum absolute atomic E-state index is 13.4. The number of carbonyl (C=O) groups is 2. The van der Waals surface area contributed by atoms with Crippen molar-refractivity contribution in [1.82, 2.24) is 14.5 Å². The van der Waals surface area contributed by atoms with Crippen LogP contribution in [0.3, 0.4) is 0 Å². The first kappa shape index (κ1) is 25.4. The summed E-state index contributed by atoms with van der Waals surface area (Å²) >= 11 is 0. The SMILES string of the molecule is CCOc1ccc([C@@H]2/C(=C(\O)c3ccc4c(c3)C[C@H](C)O4)C(=O)C(=O)N2CCCn2ccnc2)cc1OC. The second-order valence-corrected chi connectivity index (χ2v) is 9.44. The second-order valence-electron chi connectivity index (χ2n) is 9.44. The standard InChI is InChI=1S/C29H31N3O6/c1-4-37-23-9-6-19(16-24(23)36-3)26-25(27(33)20-7-8-22-21(15-20)14-18(2)38-22)28(34)29(35)32(26)12-5-11-31-13-10-30-17-31/h6-10,13,15-18,26,33H,4-5,11-12,14H2,1-3H3/b27-25+/t18-,26+/m0/s1. The van der Waals surface area contributed by atoms with Gasteiger partial charge in [0.05, 0.1) is 31.7 Å². The molecule has 9 heteroatoms. The molecule has 0 radical (unpaired) electrons. The summed E-state index contributed by atoms with van der Waals surface area (Å²) in [5.41, 5.74) is 2.12. The minimum atomic E-state index is -0.786. The summed E-state index contributed by atoms with van der Waals surface area (Å²) in [5.74, 6) is 0.240. The Morgan fingerprint density at radius 1 is 1.16 bits per heavy atom. The van der Waals surface area contributed by atoms with Crippen molar-refractivity contribution >= 4 is 17.4 Å². The van der Waals surface area contributed by atoms with Crippen LogP contribution in [0.2, 0.25) is 0 Å². The van der Waals surface area contributed by atoms with Gasteiger partial charge >= 0.3 is 0 Å². The molecule has 0 aliphatic carbocycles. The van der Waals surface area contributed by atoms with Gasteiger partial charge in [-0.25, -0.2) is 4.98 Å². The molecule has 9 nitrogen and oxygen atoms in total. The van der Waals surface area contributed by atoms with Crippen LogP contribution in [0.5, 0.6) is 17.2 Å². The number of carbonyl (C=O) groups excluding carboxylic acids is 2. The second kappa shape index (κ2) is 10.6. The Labute approximate surface area is 221 Å². The van der Waals surface area contributed by atoms with Gasteiger partial charge in [-0.3, -0.25) is 9.59 Å². The Morgan fingerprint density at radius 3 is 2.74 bits per heavy atom. The van der Waals surface area contributed by atoms with E-state index < -0.39 is 17.7 Å². The third-order valence-corrected chi connectivity index (χ3v) is 6.89. The molecule has 1 saturated heterocycles. The van der Waals surface area contributed by atoms with E-state index in [4.69, 9.17) is 14.2 Å². The summed E-state index contributed by atoms with van der Waals surface area (Å²) in [5, 5.41) is 11.5. The van der Waals surface area contributed by atoms with Crippen molar-refractivity contribution in [1.29, 1.82) is 0 Å². The largest absolute Gasteiger partial charge is 0.507 e. The fourth-order valence-electron chi connectivity index (χ4n) is 5.15. The van der Waals surface area contributed by atoms with E-state index in [0.717, 1.165) is 11.3 Å². The van der Waals surface area contributed by atoms with Gasteiger partial charge in [0.25, 0.3) is 11.7 Å². The normalized spacial score (nSPS) is 19.9. The highest BCUT2D eigenvalue weighted by atomic mass is 16.5. The van der Waals surface area contributed by atoms with E-state index in [2.05, 4.69) is 4.98 Å². The van der Waals surface area contributed by atoms with Crippen LogP contribution in [0.4, 0.5) is 0 Å². The maximum atomic E-state index is 13.4. The summed E-state index contributed by atoms with van der Waals surface area (Å²) in [6.07, 6.45) is 6.60. The summed E-state index contributed by atoms with van der Waals surface area (Å²) in [7, 11) is 1.54. The summed E-state index contributed by atoms with van der Waals surface area (Å²) in [6.45, 7) is 5.27. The number of ether oxygens (including phenoxy) is 3. The number of benzene rings is 2. The first-order valence-electron chi connectivity index (χ1n) is 12.8. The van der Waals surface area contributed by atoms with Crippen LogP contribution in [0.1, 0.15) is 43.0 Å². The molecule has 38 heavy (non-hydrogen) atoms. The van der Waals surface area contributed by atoms with E-state index in [0.29, 0.717) is 55.2 Å². The predicted octanol–water partition coefficient (Wildman–Crippen LogP) is 4.13. The minimum absolute atomic E-state index is 0.0415. The van der Waals surface area contributed by atoms with Crippen molar-refractivity contribution in [3.63, 3.8) is 0 Å². The van der Waals surface area contributed by atoms with E-state index in [9.17, 15) is 14.7 Å². The lowest BCUT2D eigenvalue weighted by molar-refractivity contribution is -0.139. The molecular formula is C29H31N3O6. The molecule has 198 valence electrons. The molecule has 1 amide bonds. The first-order valence-corrected chi connectivity index (χ1v) is 12.8. The lowest BCUT2D eigenvalue weighted by atomic mass is 9.94. The third kappa shape index (κ3) is 4.71. The van der Waals surface area contributed by atoms with Crippen LogP contribution >= 0.6 is 0 Å². The number of aliphatic hydroxyl groups is 1. The molecule has 2 atom stereocenters. The highest BCUT2D eigenvalue weighted by Gasteiger charge is 2.46. The number of aliphatic hydroxyl groups excluding tert-OH is 1. The minimum Gasteiger partial charge on any atom is -0.507 e. The quantitative estimate of drug-likeness (QED) is 0.259. The van der Waals surface area contributed by atoms with E-state index >= 15 is 0 Å². The lowest BCUT2D eigenvalue weighted by Gasteiger charge is -2.26. The Hall–Kier alpha value is -4.27. The summed E-state index contributed by atoms with van der Waals surface area (Å²) in [6, 6.07) is 9.88. The van der Waals surface area contributed by atoms with Crippen LogP contribution in [0, 0.1) is 0 Å². The number of ketones is 1. The van der Waals surface area contributed by atoms with Gasteiger partial charge in [-0.1, -0.05) is 6.07 Å². The number of aryl methyl sites for hydroxylation is 1. The molecule has 0 spiro atoms. The molecule has 0 unspecified atom stereocenters. The van der Waals surface area contributed by atoms with Crippen molar-refractivity contribution in [3.8, 4) is 17.2 Å². The Balaban J connectivity index is 1.56. The number of amides is 1. The van der Waals surface area contributed by atoms with E-state index in [-0.39, 0.29) is 17.4 Å². The molecule has 3 aromatic rings. The van der Waals surface area contributed by atoms with Crippen molar-refractivity contribution in [2.24, 2.45) is 0 Å². The number of imidazole rings is 1. The van der Waals surface area contributed by atoms with Crippen molar-refractivity contribution < 1.29 is 28.9 Å². The van der Waals surface area contributed by atoms with Crippen molar-refractivity contribution in [3.05, 3.63) is 77.4 Å². The van der Waals surface area contributed by atoms with Crippen LogP contribution in [-0.2, 0) is 22.6 Å². The monoisotopic (exact) mass is 517 g/mol. The molecule has 0 saturated carbocycles. The number of nitrogens with zero attached hydrogens (tertiary/aromatic N) is 3. The third-order valence-electron chi connectivity index (χ3n) is 6.89. The van der Waals surface area contributed by atoms with Gasteiger partial charge < -0.3 is 28.8 Å². The van der Waals surface area contributed by atoms with Gasteiger partial charge in [-0.05, 0) is 61.7 Å². The van der Waals surface area contributed by atoms with Crippen molar-refractivity contribution in [2.75, 3.05) is 20.3 Å². The van der Waals surface area contributed by atoms with Gasteiger partial charge in [0.1, 0.15) is 17.6 Å². The molecule has 1 fully saturated rings. The van der Waals surface area contributed by atoms with Gasteiger partial charge in [-0.2, -0.15) is 0 Å². The van der Waals surface area contributed by atoms with Crippen LogP contribution in [0.25, 0.3) is 5.76 Å². The first-order chi connectivity index (χ1) is 18.4. The fraction of sp³-hybridized carbons (Fsp3) is 0.345. The highest BCUT2D eigenvalue weighted by molar-refractivity contribution is 6.46. The zero-order chi connectivity index (χ0) is 26.8. The molecule has 2 aliphatic rings. The number of rotatable bonds is 9. The number of hydrogen-bond donors (Lipinski definition) is 1. The number of fused-ring (bicyclic) bond motifs is 1. The topological polar surface area (TPSA) is 103 Å². The molecular weight excluding hydrogens is 486 g/mol. The molecule has 3 heterocycles. The molecule has 2 aliphatic heterocycles. The van der Waals surface area contributed by atoms with Crippen molar-refractivity contribution in [2.45, 2.75) is 45.4 Å². The number of methoxy groups -OCH3 is 1. The van der Waals surface area contributed by atoms with Gasteiger partial charge in [0.15, 0.2) is 11.5 Å². The average Bonchev–Trinajstić information content (AvgIpc) is 3.62. The molecule has 1 N–H and O–H groups in total. The molecule has 0 bridgehead atoms. The Bertz CT molecular complexity index is 1380. The zero-order valence-electron chi connectivity index (χ0n) is 21.7. The Morgan fingerprint density at radius 2 is 2.00 bits per heavy atom. The number of likely N-dealkylation sites (tertiary alicyclic amines) is 1. The maximum Gasteiger partial charge on any atom is 0.295 e.